The van der Waals surface area contributed by atoms with E-state index in [1.54, 1.807) is 18.3 Å². The van der Waals surface area contributed by atoms with E-state index in [4.69, 9.17) is 10.2 Å². The van der Waals surface area contributed by atoms with Crippen molar-refractivity contribution in [2.24, 2.45) is 0 Å². The summed E-state index contributed by atoms with van der Waals surface area (Å²) in [5.41, 5.74) is 0.925. The van der Waals surface area contributed by atoms with E-state index in [9.17, 15) is 9.59 Å². The van der Waals surface area contributed by atoms with Crippen LogP contribution in [0.4, 0.5) is 5.82 Å². The van der Waals surface area contributed by atoms with E-state index in [2.05, 4.69) is 4.98 Å². The van der Waals surface area contributed by atoms with Crippen molar-refractivity contribution in [1.82, 2.24) is 4.98 Å². The summed E-state index contributed by atoms with van der Waals surface area (Å²) in [7, 11) is 0. The highest BCUT2D eigenvalue weighted by molar-refractivity contribution is 5.78. The molecule has 0 aromatic carbocycles. The Balaban J connectivity index is 2.86. The molecule has 6 heteroatoms. The largest absolute Gasteiger partial charge is 0.480 e. The molecule has 0 bridgehead atoms. The molecular formula is C10H12N2O4. The predicted octanol–water partition coefficient (Wildman–Crippen LogP) is 0.366. The van der Waals surface area contributed by atoms with Gasteiger partial charge in [0.1, 0.15) is 18.9 Å². The lowest BCUT2D eigenvalue weighted by Crippen LogP contribution is -2.35. The third-order valence-corrected chi connectivity index (χ3v) is 1.87. The van der Waals surface area contributed by atoms with Gasteiger partial charge in [0.2, 0.25) is 0 Å². The molecule has 86 valence electrons. The van der Waals surface area contributed by atoms with Crippen molar-refractivity contribution < 1.29 is 19.8 Å². The maximum absolute atomic E-state index is 10.6. The van der Waals surface area contributed by atoms with Gasteiger partial charge in [0.25, 0.3) is 0 Å². The number of nitrogens with zero attached hydrogens (tertiary/aromatic N) is 2. The number of carboxylic acids is 2. The summed E-state index contributed by atoms with van der Waals surface area (Å²) in [4.78, 5) is 26.3. The van der Waals surface area contributed by atoms with E-state index in [0.29, 0.717) is 5.82 Å². The number of aliphatic carboxylic acids is 2. The molecule has 1 rings (SSSR count). The smallest absolute Gasteiger partial charge is 0.323 e. The van der Waals surface area contributed by atoms with Crippen molar-refractivity contribution >= 4 is 17.8 Å². The van der Waals surface area contributed by atoms with Gasteiger partial charge in [-0.15, -0.1) is 0 Å². The monoisotopic (exact) mass is 224 g/mol. The lowest BCUT2D eigenvalue weighted by atomic mass is 10.3. The number of aromatic nitrogens is 1. The second-order valence-corrected chi connectivity index (χ2v) is 3.34. The van der Waals surface area contributed by atoms with Crippen molar-refractivity contribution in [2.45, 2.75) is 6.92 Å². The Morgan fingerprint density at radius 2 is 1.81 bits per heavy atom. The van der Waals surface area contributed by atoms with E-state index in [0.717, 1.165) is 5.56 Å². The molecular weight excluding hydrogens is 212 g/mol. The highest BCUT2D eigenvalue weighted by atomic mass is 16.4. The van der Waals surface area contributed by atoms with Gasteiger partial charge < -0.3 is 15.1 Å². The van der Waals surface area contributed by atoms with Crippen LogP contribution in [-0.2, 0) is 9.59 Å². The van der Waals surface area contributed by atoms with Crippen LogP contribution in [0.25, 0.3) is 0 Å². The standard InChI is InChI=1S/C10H12N2O4/c1-7-2-3-8(11-4-7)12(5-9(13)14)6-10(15)16/h2-4H,5-6H2,1H3,(H,13,14)(H,15,16). The van der Waals surface area contributed by atoms with Crippen molar-refractivity contribution in [2.75, 3.05) is 18.0 Å². The highest BCUT2D eigenvalue weighted by Crippen LogP contribution is 2.10. The molecule has 0 aliphatic carbocycles. The number of anilines is 1. The first kappa shape index (κ1) is 12.0. The molecule has 1 aromatic rings. The van der Waals surface area contributed by atoms with Gasteiger partial charge in [-0.3, -0.25) is 9.59 Å². The third-order valence-electron chi connectivity index (χ3n) is 1.87. The normalized spacial score (nSPS) is 9.81. The van der Waals surface area contributed by atoms with Gasteiger partial charge in [0, 0.05) is 6.20 Å². The minimum absolute atomic E-state index is 0.343. The molecule has 0 amide bonds. The van der Waals surface area contributed by atoms with Gasteiger partial charge in [-0.05, 0) is 18.6 Å². The first-order valence-electron chi connectivity index (χ1n) is 4.60. The summed E-state index contributed by atoms with van der Waals surface area (Å²) < 4.78 is 0. The number of rotatable bonds is 5. The highest BCUT2D eigenvalue weighted by Gasteiger charge is 2.14. The lowest BCUT2D eigenvalue weighted by molar-refractivity contribution is -0.136. The van der Waals surface area contributed by atoms with Crippen LogP contribution in [0, 0.1) is 6.92 Å². The summed E-state index contributed by atoms with van der Waals surface area (Å²) in [6.07, 6.45) is 1.56. The van der Waals surface area contributed by atoms with Crippen molar-refractivity contribution in [3.8, 4) is 0 Å². The number of aryl methyl sites for hydroxylation is 1. The summed E-state index contributed by atoms with van der Waals surface area (Å²) >= 11 is 0. The topological polar surface area (TPSA) is 90.7 Å². The quantitative estimate of drug-likeness (QED) is 0.750. The summed E-state index contributed by atoms with van der Waals surface area (Å²) in [6.45, 7) is 1.07. The first-order chi connectivity index (χ1) is 7.49. The molecule has 0 atom stereocenters. The van der Waals surface area contributed by atoms with Gasteiger partial charge >= 0.3 is 11.9 Å². The average molecular weight is 224 g/mol. The second kappa shape index (κ2) is 5.11. The molecule has 0 aliphatic rings. The van der Waals surface area contributed by atoms with Gasteiger partial charge in [-0.1, -0.05) is 6.07 Å². The Morgan fingerprint density at radius 1 is 1.25 bits per heavy atom. The molecule has 0 radical (unpaired) electrons. The molecule has 1 aromatic heterocycles. The number of carboxylic acid groups (broad SMARTS) is 2. The van der Waals surface area contributed by atoms with E-state index in [1.165, 1.54) is 4.90 Å². The fourth-order valence-electron chi connectivity index (χ4n) is 1.19. The molecule has 0 saturated carbocycles. The van der Waals surface area contributed by atoms with Crippen molar-refractivity contribution in [1.29, 1.82) is 0 Å². The summed E-state index contributed by atoms with van der Waals surface area (Å²) in [6, 6.07) is 3.35. The zero-order valence-electron chi connectivity index (χ0n) is 8.75. The zero-order valence-corrected chi connectivity index (χ0v) is 8.75. The number of carbonyl (C=O) groups is 2. The van der Waals surface area contributed by atoms with Gasteiger partial charge in [0.15, 0.2) is 0 Å². The van der Waals surface area contributed by atoms with E-state index in [-0.39, 0.29) is 13.1 Å². The zero-order chi connectivity index (χ0) is 12.1. The minimum atomic E-state index is -1.09. The minimum Gasteiger partial charge on any atom is -0.480 e. The van der Waals surface area contributed by atoms with Crippen LogP contribution in [0.1, 0.15) is 5.56 Å². The SMILES string of the molecule is Cc1ccc(N(CC(=O)O)CC(=O)O)nc1. The van der Waals surface area contributed by atoms with Crippen LogP contribution in [0.3, 0.4) is 0 Å². The second-order valence-electron chi connectivity index (χ2n) is 3.34. The Bertz CT molecular complexity index is 372. The Morgan fingerprint density at radius 3 is 2.19 bits per heavy atom. The Hall–Kier alpha value is -2.11. The number of pyridine rings is 1. The molecule has 0 saturated heterocycles. The molecule has 0 unspecified atom stereocenters. The fourth-order valence-corrected chi connectivity index (χ4v) is 1.19. The third kappa shape index (κ3) is 3.56. The van der Waals surface area contributed by atoms with Crippen LogP contribution in [0.5, 0.6) is 0 Å². The predicted molar refractivity (Wildman–Crippen MR) is 56.5 cm³/mol. The van der Waals surface area contributed by atoms with Crippen LogP contribution in [0.2, 0.25) is 0 Å². The van der Waals surface area contributed by atoms with Gasteiger partial charge in [0.05, 0.1) is 0 Å². The number of hydrogen-bond acceptors (Lipinski definition) is 4. The first-order valence-corrected chi connectivity index (χ1v) is 4.60. The van der Waals surface area contributed by atoms with Crippen LogP contribution >= 0.6 is 0 Å². The average Bonchev–Trinajstić information content (AvgIpc) is 2.16. The molecule has 6 nitrogen and oxygen atoms in total. The van der Waals surface area contributed by atoms with E-state index >= 15 is 0 Å². The summed E-state index contributed by atoms with van der Waals surface area (Å²) in [5, 5.41) is 17.3. The fraction of sp³-hybridized carbons (Fsp3) is 0.300. The van der Waals surface area contributed by atoms with Crippen molar-refractivity contribution in [3.63, 3.8) is 0 Å². The maximum Gasteiger partial charge on any atom is 0.323 e. The number of hydrogen-bond donors (Lipinski definition) is 2. The van der Waals surface area contributed by atoms with E-state index < -0.39 is 11.9 Å². The summed E-state index contributed by atoms with van der Waals surface area (Å²) in [5.74, 6) is -1.84. The lowest BCUT2D eigenvalue weighted by Gasteiger charge is -2.19. The van der Waals surface area contributed by atoms with Gasteiger partial charge in [-0.25, -0.2) is 4.98 Å². The molecule has 2 N–H and O–H groups in total. The molecule has 1 heterocycles. The molecule has 0 fully saturated rings. The van der Waals surface area contributed by atoms with Crippen LogP contribution < -0.4 is 4.90 Å². The molecule has 16 heavy (non-hydrogen) atoms. The van der Waals surface area contributed by atoms with Crippen LogP contribution in [0.15, 0.2) is 18.3 Å². The Kier molecular flexibility index (Phi) is 3.82. The molecule has 0 spiro atoms. The Labute approximate surface area is 92.1 Å². The van der Waals surface area contributed by atoms with Crippen molar-refractivity contribution in [3.05, 3.63) is 23.9 Å². The maximum atomic E-state index is 10.6. The molecule has 0 aliphatic heterocycles. The van der Waals surface area contributed by atoms with E-state index in [1.807, 2.05) is 6.92 Å². The van der Waals surface area contributed by atoms with Crippen LogP contribution in [-0.4, -0.2) is 40.2 Å². The van der Waals surface area contributed by atoms with Gasteiger partial charge in [-0.2, -0.15) is 0 Å².